The first-order valence-corrected chi connectivity index (χ1v) is 13.7. The van der Waals surface area contributed by atoms with Crippen LogP contribution in [-0.4, -0.2) is 56.2 Å². The fraction of sp³-hybridized carbons (Fsp3) is 0.355. The van der Waals surface area contributed by atoms with Crippen LogP contribution < -0.4 is 25.4 Å². The zero-order chi connectivity index (χ0) is 29.0. The minimum atomic E-state index is -1.04. The van der Waals surface area contributed by atoms with Crippen LogP contribution >= 0.6 is 0 Å². The molecule has 10 heteroatoms. The third-order valence-corrected chi connectivity index (χ3v) is 8.27. The second-order valence-corrected chi connectivity index (χ2v) is 10.5. The van der Waals surface area contributed by atoms with E-state index in [4.69, 9.17) is 9.47 Å². The van der Waals surface area contributed by atoms with Crippen molar-refractivity contribution in [1.29, 1.82) is 0 Å². The van der Waals surface area contributed by atoms with Crippen molar-refractivity contribution < 1.29 is 27.8 Å². The van der Waals surface area contributed by atoms with E-state index < -0.39 is 17.7 Å². The van der Waals surface area contributed by atoms with Crippen molar-refractivity contribution in [3.05, 3.63) is 83.9 Å². The van der Waals surface area contributed by atoms with Gasteiger partial charge in [-0.2, -0.15) is 0 Å². The number of ether oxygens (including phenoxy) is 2. The number of likely N-dealkylation sites (tertiary alicyclic amines) is 1. The van der Waals surface area contributed by atoms with E-state index in [1.54, 1.807) is 14.2 Å². The first kappa shape index (κ1) is 28.2. The molecule has 0 unspecified atom stereocenters. The van der Waals surface area contributed by atoms with Crippen LogP contribution in [0.3, 0.4) is 0 Å². The average Bonchev–Trinajstić information content (AvgIpc) is 3.38. The highest BCUT2D eigenvalue weighted by atomic mass is 19.2. The number of halogens is 2. The van der Waals surface area contributed by atoms with Crippen molar-refractivity contribution in [2.75, 3.05) is 37.9 Å². The third-order valence-electron chi connectivity index (χ3n) is 8.27. The van der Waals surface area contributed by atoms with Gasteiger partial charge in [0.1, 0.15) is 0 Å². The SMILES string of the molecule is COc1ccc([C@@]23CC[C@@H](NC(=O)Nc4ccc(F)c(F)c4)C[C@@H]2N(C(=O)CNc2ccccc2)CC3)cc1OC. The van der Waals surface area contributed by atoms with Crippen LogP contribution in [0.15, 0.2) is 66.7 Å². The summed E-state index contributed by atoms with van der Waals surface area (Å²) in [7, 11) is 3.19. The molecule has 1 saturated carbocycles. The molecule has 0 aromatic heterocycles. The number of fused-ring (bicyclic) bond motifs is 1. The van der Waals surface area contributed by atoms with Crippen molar-refractivity contribution in [3.63, 3.8) is 0 Å². The minimum Gasteiger partial charge on any atom is -0.493 e. The molecule has 2 fully saturated rings. The molecule has 1 saturated heterocycles. The van der Waals surface area contributed by atoms with Gasteiger partial charge in [-0.1, -0.05) is 24.3 Å². The summed E-state index contributed by atoms with van der Waals surface area (Å²) in [5.74, 6) is -0.786. The summed E-state index contributed by atoms with van der Waals surface area (Å²) in [5, 5.41) is 8.77. The number of carbonyl (C=O) groups is 2. The average molecular weight is 565 g/mol. The lowest BCUT2D eigenvalue weighted by Gasteiger charge is -2.45. The van der Waals surface area contributed by atoms with Crippen molar-refractivity contribution in [3.8, 4) is 11.5 Å². The Morgan fingerprint density at radius 2 is 1.71 bits per heavy atom. The molecule has 8 nitrogen and oxygen atoms in total. The van der Waals surface area contributed by atoms with Crippen LogP contribution in [0.4, 0.5) is 25.0 Å². The molecule has 41 heavy (non-hydrogen) atoms. The number of nitrogens with one attached hydrogen (secondary N) is 3. The Bertz CT molecular complexity index is 1410. The number of carbonyl (C=O) groups excluding carboxylic acids is 2. The zero-order valence-electron chi connectivity index (χ0n) is 23.1. The van der Waals surface area contributed by atoms with Crippen LogP contribution in [-0.2, 0) is 10.2 Å². The predicted molar refractivity (Wildman–Crippen MR) is 152 cm³/mol. The minimum absolute atomic E-state index is 0.0203. The number of anilines is 2. The van der Waals surface area contributed by atoms with Gasteiger partial charge in [0.2, 0.25) is 5.91 Å². The lowest BCUT2D eigenvalue weighted by atomic mass is 9.65. The van der Waals surface area contributed by atoms with Crippen molar-refractivity contribution >= 4 is 23.3 Å². The number of para-hydroxylation sites is 1. The second kappa shape index (κ2) is 12.0. The largest absolute Gasteiger partial charge is 0.493 e. The molecule has 3 amide bonds. The van der Waals surface area contributed by atoms with E-state index in [0.717, 1.165) is 36.2 Å². The third kappa shape index (κ3) is 5.91. The van der Waals surface area contributed by atoms with E-state index in [1.807, 2.05) is 53.4 Å². The molecule has 3 aromatic rings. The van der Waals surface area contributed by atoms with Gasteiger partial charge < -0.3 is 30.3 Å². The molecular weight excluding hydrogens is 530 g/mol. The molecule has 1 aliphatic heterocycles. The maximum Gasteiger partial charge on any atom is 0.319 e. The van der Waals surface area contributed by atoms with E-state index in [2.05, 4.69) is 16.0 Å². The summed E-state index contributed by atoms with van der Waals surface area (Å²) in [6.45, 7) is 0.735. The van der Waals surface area contributed by atoms with E-state index in [1.165, 1.54) is 6.07 Å². The molecule has 1 heterocycles. The number of hydrogen-bond donors (Lipinski definition) is 3. The summed E-state index contributed by atoms with van der Waals surface area (Å²) >= 11 is 0. The Morgan fingerprint density at radius 3 is 2.44 bits per heavy atom. The highest BCUT2D eigenvalue weighted by Gasteiger charge is 2.53. The lowest BCUT2D eigenvalue weighted by Crippen LogP contribution is -2.54. The van der Waals surface area contributed by atoms with Crippen LogP contribution in [0.1, 0.15) is 31.2 Å². The maximum absolute atomic E-state index is 13.6. The van der Waals surface area contributed by atoms with Gasteiger partial charge in [-0.3, -0.25) is 4.79 Å². The highest BCUT2D eigenvalue weighted by Crippen LogP contribution is 2.50. The molecule has 0 radical (unpaired) electrons. The number of amides is 3. The Balaban J connectivity index is 1.36. The number of benzene rings is 3. The first-order chi connectivity index (χ1) is 19.8. The quantitative estimate of drug-likeness (QED) is 0.345. The van der Waals surface area contributed by atoms with E-state index in [9.17, 15) is 18.4 Å². The van der Waals surface area contributed by atoms with Gasteiger partial charge in [0.25, 0.3) is 0 Å². The summed E-state index contributed by atoms with van der Waals surface area (Å²) in [6.07, 6.45) is 2.73. The molecule has 3 aromatic carbocycles. The van der Waals surface area contributed by atoms with E-state index in [-0.39, 0.29) is 35.6 Å². The Morgan fingerprint density at radius 1 is 0.927 bits per heavy atom. The fourth-order valence-corrected chi connectivity index (χ4v) is 6.22. The van der Waals surface area contributed by atoms with Gasteiger partial charge in [-0.15, -0.1) is 0 Å². The van der Waals surface area contributed by atoms with Crippen LogP contribution in [0, 0.1) is 11.6 Å². The smallest absolute Gasteiger partial charge is 0.319 e. The highest BCUT2D eigenvalue weighted by molar-refractivity contribution is 5.89. The van der Waals surface area contributed by atoms with Gasteiger partial charge in [0.05, 0.1) is 20.8 Å². The molecule has 216 valence electrons. The molecule has 1 aliphatic carbocycles. The predicted octanol–water partition coefficient (Wildman–Crippen LogP) is 5.31. The van der Waals surface area contributed by atoms with Gasteiger partial charge in [-0.25, -0.2) is 13.6 Å². The topological polar surface area (TPSA) is 91.9 Å². The molecule has 5 rings (SSSR count). The number of urea groups is 1. The number of rotatable bonds is 8. The number of hydrogen-bond acceptors (Lipinski definition) is 5. The molecule has 0 bridgehead atoms. The summed E-state index contributed by atoms with van der Waals surface area (Å²) in [6, 6.07) is 17.8. The molecule has 3 atom stereocenters. The Labute approximate surface area is 238 Å². The van der Waals surface area contributed by atoms with Crippen LogP contribution in [0.25, 0.3) is 0 Å². The summed E-state index contributed by atoms with van der Waals surface area (Å²) < 4.78 is 38.0. The maximum atomic E-state index is 13.6. The monoisotopic (exact) mass is 564 g/mol. The lowest BCUT2D eigenvalue weighted by molar-refractivity contribution is -0.131. The fourth-order valence-electron chi connectivity index (χ4n) is 6.22. The van der Waals surface area contributed by atoms with Crippen LogP contribution in [0.5, 0.6) is 11.5 Å². The first-order valence-electron chi connectivity index (χ1n) is 13.7. The van der Waals surface area contributed by atoms with Gasteiger partial charge in [0.15, 0.2) is 23.1 Å². The van der Waals surface area contributed by atoms with Gasteiger partial charge in [-0.05, 0) is 67.6 Å². The molecule has 2 aliphatic rings. The Hall–Kier alpha value is -4.34. The van der Waals surface area contributed by atoms with Crippen molar-refractivity contribution in [2.45, 2.75) is 43.2 Å². The van der Waals surface area contributed by atoms with Crippen molar-refractivity contribution in [2.24, 2.45) is 0 Å². The summed E-state index contributed by atoms with van der Waals surface area (Å²) in [4.78, 5) is 28.3. The standard InChI is InChI=1S/C31H34F2N4O4/c1-40-26-11-8-20(16-27(26)41-2)31-13-12-23(36-30(39)35-22-9-10-24(32)25(33)17-22)18-28(31)37(15-14-31)29(38)19-34-21-6-4-3-5-7-21/h3-11,16-17,23,28,34H,12-15,18-19H2,1-2H3,(H2,35,36,39)/t23-,28+,31+/m1/s1. The Kier molecular flexibility index (Phi) is 8.28. The molecule has 0 spiro atoms. The second-order valence-electron chi connectivity index (χ2n) is 10.5. The zero-order valence-corrected chi connectivity index (χ0v) is 23.1. The normalized spacial score (nSPS) is 21.5. The van der Waals surface area contributed by atoms with Crippen LogP contribution in [0.2, 0.25) is 0 Å². The number of methoxy groups -OCH3 is 2. The van der Waals surface area contributed by atoms with E-state index in [0.29, 0.717) is 30.9 Å². The van der Waals surface area contributed by atoms with Gasteiger partial charge in [0, 0.05) is 41.5 Å². The van der Waals surface area contributed by atoms with Gasteiger partial charge >= 0.3 is 6.03 Å². The number of nitrogens with zero attached hydrogens (tertiary/aromatic N) is 1. The molecule has 3 N–H and O–H groups in total. The van der Waals surface area contributed by atoms with E-state index >= 15 is 0 Å². The van der Waals surface area contributed by atoms with Crippen molar-refractivity contribution in [1.82, 2.24) is 10.2 Å². The summed E-state index contributed by atoms with van der Waals surface area (Å²) in [5.41, 5.74) is 1.76. The molecular formula is C31H34F2N4O4.